The molecule has 4 rings (SSSR count). The van der Waals surface area contributed by atoms with Gasteiger partial charge in [0.15, 0.2) is 11.5 Å². The number of furan rings is 1. The lowest BCUT2D eigenvalue weighted by Crippen LogP contribution is -2.48. The molecule has 186 valence electrons. The van der Waals surface area contributed by atoms with Crippen LogP contribution in [-0.2, 0) is 4.79 Å². The second-order valence-corrected chi connectivity index (χ2v) is 8.46. The average molecular weight is 492 g/mol. The van der Waals surface area contributed by atoms with Crippen LogP contribution in [0.15, 0.2) is 58.0 Å². The molecular formula is C25H24N4O7. The van der Waals surface area contributed by atoms with Gasteiger partial charge in [-0.25, -0.2) is 5.43 Å². The van der Waals surface area contributed by atoms with Crippen molar-refractivity contribution in [2.75, 3.05) is 6.79 Å². The molecule has 1 aliphatic rings. The van der Waals surface area contributed by atoms with Crippen LogP contribution in [0.25, 0.3) is 11.3 Å². The predicted octanol–water partition coefficient (Wildman–Crippen LogP) is 3.80. The maximum Gasteiger partial charge on any atom is 0.270 e. The van der Waals surface area contributed by atoms with Crippen molar-refractivity contribution in [3.8, 4) is 22.8 Å². The van der Waals surface area contributed by atoms with Crippen molar-refractivity contribution in [2.45, 2.75) is 26.8 Å². The Bertz CT molecular complexity index is 1350. The van der Waals surface area contributed by atoms with E-state index in [1.54, 1.807) is 50.2 Å². The Hall–Kier alpha value is -4.67. The van der Waals surface area contributed by atoms with E-state index in [1.165, 1.54) is 18.3 Å². The molecule has 0 bridgehead atoms. The molecule has 2 aromatic carbocycles. The molecule has 0 aliphatic carbocycles. The minimum Gasteiger partial charge on any atom is -0.455 e. The Labute approximate surface area is 206 Å². The van der Waals surface area contributed by atoms with Crippen LogP contribution >= 0.6 is 0 Å². The van der Waals surface area contributed by atoms with Crippen LogP contribution in [0.2, 0.25) is 0 Å². The van der Waals surface area contributed by atoms with Crippen LogP contribution in [0.3, 0.4) is 0 Å². The molecule has 1 atom stereocenters. The van der Waals surface area contributed by atoms with Crippen LogP contribution < -0.4 is 20.2 Å². The van der Waals surface area contributed by atoms with E-state index in [0.717, 1.165) is 5.56 Å². The van der Waals surface area contributed by atoms with Crippen LogP contribution in [-0.4, -0.2) is 35.8 Å². The van der Waals surface area contributed by atoms with Crippen molar-refractivity contribution in [3.05, 3.63) is 75.5 Å². The Morgan fingerprint density at radius 3 is 2.61 bits per heavy atom. The third-order valence-electron chi connectivity index (χ3n) is 5.56. The second-order valence-electron chi connectivity index (χ2n) is 8.46. The fraction of sp³-hybridized carbons (Fsp3) is 0.240. The topological polar surface area (TPSA) is 145 Å². The van der Waals surface area contributed by atoms with Gasteiger partial charge >= 0.3 is 0 Å². The number of nitrogens with zero attached hydrogens (tertiary/aromatic N) is 2. The molecule has 36 heavy (non-hydrogen) atoms. The number of nitro groups is 1. The molecule has 3 aromatic rings. The molecule has 0 spiro atoms. The number of nitro benzene ring substituents is 1. The van der Waals surface area contributed by atoms with Crippen molar-refractivity contribution < 1.29 is 28.4 Å². The summed E-state index contributed by atoms with van der Waals surface area (Å²) in [5, 5.41) is 17.7. The highest BCUT2D eigenvalue weighted by molar-refractivity contribution is 5.98. The van der Waals surface area contributed by atoms with Crippen LogP contribution in [0, 0.1) is 23.0 Å². The Morgan fingerprint density at radius 2 is 1.86 bits per heavy atom. The number of ether oxygens (including phenoxy) is 2. The number of carbonyl (C=O) groups is 2. The summed E-state index contributed by atoms with van der Waals surface area (Å²) < 4.78 is 16.3. The minimum atomic E-state index is -0.847. The zero-order valence-corrected chi connectivity index (χ0v) is 19.8. The first-order valence-corrected chi connectivity index (χ1v) is 11.1. The fourth-order valence-corrected chi connectivity index (χ4v) is 3.58. The molecule has 2 N–H and O–H groups in total. The minimum absolute atomic E-state index is 0.0444. The Balaban J connectivity index is 1.40. The number of hydrazone groups is 1. The maximum absolute atomic E-state index is 12.7. The zero-order chi connectivity index (χ0) is 25.8. The van der Waals surface area contributed by atoms with Gasteiger partial charge in [0.2, 0.25) is 6.79 Å². The number of hydrogen-bond donors (Lipinski definition) is 2. The molecule has 0 radical (unpaired) electrons. The monoisotopic (exact) mass is 492 g/mol. The van der Waals surface area contributed by atoms with E-state index in [2.05, 4.69) is 15.8 Å². The molecule has 1 unspecified atom stereocenters. The zero-order valence-electron chi connectivity index (χ0n) is 19.8. The summed E-state index contributed by atoms with van der Waals surface area (Å²) in [4.78, 5) is 36.0. The van der Waals surface area contributed by atoms with E-state index in [0.29, 0.717) is 34.1 Å². The summed E-state index contributed by atoms with van der Waals surface area (Å²) in [5.41, 5.74) is 4.10. The summed E-state index contributed by atoms with van der Waals surface area (Å²) in [6.45, 7) is 5.51. The van der Waals surface area contributed by atoms with Gasteiger partial charge in [0.05, 0.1) is 11.1 Å². The van der Waals surface area contributed by atoms with Gasteiger partial charge in [-0.3, -0.25) is 19.7 Å². The van der Waals surface area contributed by atoms with Crippen molar-refractivity contribution >= 4 is 23.7 Å². The fourth-order valence-electron chi connectivity index (χ4n) is 3.58. The molecule has 2 heterocycles. The number of carbonyl (C=O) groups excluding carboxylic acids is 2. The number of amides is 2. The second kappa shape index (κ2) is 10.3. The van der Waals surface area contributed by atoms with E-state index in [4.69, 9.17) is 13.9 Å². The lowest BCUT2D eigenvalue weighted by Gasteiger charge is -2.20. The number of fused-ring (bicyclic) bond motifs is 1. The summed E-state index contributed by atoms with van der Waals surface area (Å²) in [7, 11) is 0. The third kappa shape index (κ3) is 5.35. The first-order chi connectivity index (χ1) is 17.2. The highest BCUT2D eigenvalue weighted by Crippen LogP contribution is 2.32. The average Bonchev–Trinajstić information content (AvgIpc) is 3.51. The predicted molar refractivity (Wildman–Crippen MR) is 130 cm³/mol. The highest BCUT2D eigenvalue weighted by atomic mass is 16.7. The van der Waals surface area contributed by atoms with Gasteiger partial charge in [0.1, 0.15) is 17.6 Å². The molecule has 11 nitrogen and oxygen atoms in total. The van der Waals surface area contributed by atoms with Gasteiger partial charge in [-0.1, -0.05) is 19.9 Å². The van der Waals surface area contributed by atoms with E-state index < -0.39 is 22.8 Å². The van der Waals surface area contributed by atoms with E-state index in [-0.39, 0.29) is 18.4 Å². The van der Waals surface area contributed by atoms with Crippen molar-refractivity contribution in [1.29, 1.82) is 0 Å². The molecule has 1 aliphatic heterocycles. The molecule has 0 saturated heterocycles. The molecule has 0 fully saturated rings. The Morgan fingerprint density at radius 1 is 1.08 bits per heavy atom. The lowest BCUT2D eigenvalue weighted by atomic mass is 10.0. The summed E-state index contributed by atoms with van der Waals surface area (Å²) in [6.07, 6.45) is 1.31. The first-order valence-electron chi connectivity index (χ1n) is 11.1. The highest BCUT2D eigenvalue weighted by Gasteiger charge is 2.25. The summed E-state index contributed by atoms with van der Waals surface area (Å²) >= 11 is 0. The summed E-state index contributed by atoms with van der Waals surface area (Å²) in [5.74, 6) is 0.634. The van der Waals surface area contributed by atoms with Gasteiger partial charge in [-0.2, -0.15) is 5.10 Å². The normalized spacial score (nSPS) is 13.1. The quantitative estimate of drug-likeness (QED) is 0.276. The van der Waals surface area contributed by atoms with E-state index in [1.807, 2.05) is 6.92 Å². The van der Waals surface area contributed by atoms with Crippen molar-refractivity contribution in [3.63, 3.8) is 0 Å². The molecule has 11 heteroatoms. The van der Waals surface area contributed by atoms with Gasteiger partial charge in [-0.15, -0.1) is 0 Å². The van der Waals surface area contributed by atoms with Gasteiger partial charge < -0.3 is 19.2 Å². The van der Waals surface area contributed by atoms with Crippen molar-refractivity contribution in [2.24, 2.45) is 11.0 Å². The maximum atomic E-state index is 12.7. The van der Waals surface area contributed by atoms with Crippen LogP contribution in [0.5, 0.6) is 11.5 Å². The largest absolute Gasteiger partial charge is 0.455 e. The first kappa shape index (κ1) is 24.5. The third-order valence-corrected chi connectivity index (χ3v) is 5.56. The number of hydrogen-bond acceptors (Lipinski definition) is 8. The lowest BCUT2D eigenvalue weighted by molar-refractivity contribution is -0.384. The standard InChI is InChI=1S/C25H24N4O7/c1-14(2)23(27-24(30)16-5-8-21-22(10-16)35-13-34-21)25(31)28-26-12-18-7-9-20(36-18)19-11-17(29(32)33)6-4-15(19)3/h4-12,14,23H,13H2,1-3H3,(H,27,30)(H,28,31). The smallest absolute Gasteiger partial charge is 0.270 e. The molecule has 2 amide bonds. The van der Waals surface area contributed by atoms with Crippen LogP contribution in [0.1, 0.15) is 35.5 Å². The van der Waals surface area contributed by atoms with E-state index in [9.17, 15) is 19.7 Å². The molecular weight excluding hydrogens is 468 g/mol. The SMILES string of the molecule is Cc1ccc([N+](=O)[O-])cc1-c1ccc(C=NNC(=O)C(NC(=O)c2ccc3c(c2)OCO3)C(C)C)o1. The Kier molecular flexibility index (Phi) is 7.00. The molecule has 1 aromatic heterocycles. The number of rotatable bonds is 8. The number of benzene rings is 2. The molecule has 0 saturated carbocycles. The number of aryl methyl sites for hydroxylation is 1. The van der Waals surface area contributed by atoms with Gasteiger partial charge in [0, 0.05) is 23.3 Å². The number of non-ortho nitro benzene ring substituents is 1. The number of nitrogens with one attached hydrogen (secondary N) is 2. The van der Waals surface area contributed by atoms with Gasteiger partial charge in [-0.05, 0) is 48.7 Å². The van der Waals surface area contributed by atoms with Crippen LogP contribution in [0.4, 0.5) is 5.69 Å². The summed E-state index contributed by atoms with van der Waals surface area (Å²) in [6, 6.07) is 11.7. The van der Waals surface area contributed by atoms with Crippen molar-refractivity contribution in [1.82, 2.24) is 10.7 Å². The van der Waals surface area contributed by atoms with Gasteiger partial charge in [0.25, 0.3) is 17.5 Å². The van der Waals surface area contributed by atoms with E-state index >= 15 is 0 Å².